The van der Waals surface area contributed by atoms with Gasteiger partial charge in [-0.25, -0.2) is 4.98 Å². The van der Waals surface area contributed by atoms with Gasteiger partial charge in [-0.05, 0) is 24.3 Å². The molecule has 3 aromatic rings. The lowest BCUT2D eigenvalue weighted by Crippen LogP contribution is -2.33. The van der Waals surface area contributed by atoms with E-state index in [2.05, 4.69) is 4.98 Å². The van der Waals surface area contributed by atoms with E-state index < -0.39 is 0 Å². The average Bonchev–Trinajstić information content (AvgIpc) is 2.76. The van der Waals surface area contributed by atoms with Crippen LogP contribution in [0, 0.1) is 11.3 Å². The topological polar surface area (TPSA) is 88.2 Å². The Labute approximate surface area is 172 Å². The quantitative estimate of drug-likeness (QED) is 0.323. The summed E-state index contributed by atoms with van der Waals surface area (Å²) in [6, 6.07) is 18.2. The van der Waals surface area contributed by atoms with Crippen molar-refractivity contribution >= 4 is 34.3 Å². The van der Waals surface area contributed by atoms with Crippen LogP contribution < -0.4 is 10.5 Å². The molecule has 0 radical (unpaired) electrons. The summed E-state index contributed by atoms with van der Waals surface area (Å²) in [5.41, 5.74) is 1.07. The highest BCUT2D eigenvalue weighted by molar-refractivity contribution is 7.99. The number of rotatable bonds is 8. The lowest BCUT2D eigenvalue weighted by Gasteiger charge is -2.20. The van der Waals surface area contributed by atoms with Gasteiger partial charge in [-0.1, -0.05) is 42.1 Å². The van der Waals surface area contributed by atoms with Crippen molar-refractivity contribution in [2.45, 2.75) is 11.7 Å². The largest absolute Gasteiger partial charge is 0.383 e. The number of nitrogens with zero attached hydrogens (tertiary/aromatic N) is 4. The van der Waals surface area contributed by atoms with Gasteiger partial charge in [-0.15, -0.1) is 0 Å². The van der Waals surface area contributed by atoms with Crippen molar-refractivity contribution in [1.29, 1.82) is 5.26 Å². The molecule has 1 heterocycles. The van der Waals surface area contributed by atoms with Crippen LogP contribution in [0.2, 0.25) is 0 Å². The number of hydrogen-bond donors (Lipinski definition) is 0. The number of methoxy groups -OCH3 is 1. The Hall–Kier alpha value is -3.15. The summed E-state index contributed by atoms with van der Waals surface area (Å²) in [5, 5.41) is 10.1. The average molecular weight is 408 g/mol. The molecule has 0 N–H and O–H groups in total. The second kappa shape index (κ2) is 9.87. The lowest BCUT2D eigenvalue weighted by molar-refractivity contribution is -0.116. The van der Waals surface area contributed by atoms with E-state index in [0.717, 1.165) is 0 Å². The zero-order valence-electron chi connectivity index (χ0n) is 15.9. The Bertz CT molecular complexity index is 1090. The number of fused-ring (bicyclic) bond motifs is 1. The first kappa shape index (κ1) is 20.6. The molecule has 0 aliphatic carbocycles. The molecule has 0 unspecified atom stereocenters. The van der Waals surface area contributed by atoms with Crippen LogP contribution in [-0.4, -0.2) is 41.5 Å². The molecule has 1 aromatic heterocycles. The third-order valence-corrected chi connectivity index (χ3v) is 5.23. The predicted octanol–water partition coefficient (Wildman–Crippen LogP) is 2.69. The van der Waals surface area contributed by atoms with Crippen LogP contribution >= 0.6 is 11.8 Å². The Kier molecular flexibility index (Phi) is 7.00. The number of ether oxygens (including phenoxy) is 1. The molecule has 0 atom stereocenters. The van der Waals surface area contributed by atoms with E-state index in [-0.39, 0.29) is 23.8 Å². The normalized spacial score (nSPS) is 10.6. The SMILES string of the molecule is COCCn1c(SCC(=O)N(CC#N)c2ccccc2)nc2ccccc2c1=O. The van der Waals surface area contributed by atoms with Gasteiger partial charge in [0, 0.05) is 12.8 Å². The minimum Gasteiger partial charge on any atom is -0.383 e. The fourth-order valence-corrected chi connectivity index (χ4v) is 3.75. The highest BCUT2D eigenvalue weighted by atomic mass is 32.2. The Morgan fingerprint density at radius 3 is 2.66 bits per heavy atom. The van der Waals surface area contributed by atoms with Crippen molar-refractivity contribution < 1.29 is 9.53 Å². The number of hydrogen-bond acceptors (Lipinski definition) is 6. The van der Waals surface area contributed by atoms with Gasteiger partial charge in [0.05, 0.1) is 35.9 Å². The van der Waals surface area contributed by atoms with Crippen LogP contribution in [0.4, 0.5) is 5.69 Å². The molecule has 0 spiro atoms. The molecule has 1 amide bonds. The van der Waals surface area contributed by atoms with E-state index in [1.165, 1.54) is 21.2 Å². The number of amides is 1. The first-order valence-corrected chi connectivity index (χ1v) is 9.98. The molecule has 0 aliphatic heterocycles. The van der Waals surface area contributed by atoms with Crippen LogP contribution in [0.3, 0.4) is 0 Å². The predicted molar refractivity (Wildman–Crippen MR) is 113 cm³/mol. The maximum Gasteiger partial charge on any atom is 0.262 e. The molecule has 7 nitrogen and oxygen atoms in total. The molecule has 0 saturated heterocycles. The number of carbonyl (C=O) groups excluding carboxylic acids is 1. The maximum absolute atomic E-state index is 12.9. The fraction of sp³-hybridized carbons (Fsp3) is 0.238. The summed E-state index contributed by atoms with van der Waals surface area (Å²) in [6.07, 6.45) is 0. The molecule has 148 valence electrons. The molecule has 0 bridgehead atoms. The standard InChI is InChI=1S/C21H20N4O3S/c1-28-14-13-25-20(27)17-9-5-6-10-18(17)23-21(25)29-15-19(26)24(12-11-22)16-7-3-2-4-8-16/h2-10H,12-15H2,1H3. The molecular weight excluding hydrogens is 388 g/mol. The van der Waals surface area contributed by atoms with Crippen LogP contribution in [0.25, 0.3) is 10.9 Å². The number of thioether (sulfide) groups is 1. The molecular formula is C21H20N4O3S. The Morgan fingerprint density at radius 1 is 1.21 bits per heavy atom. The number of anilines is 1. The number of nitriles is 1. The van der Waals surface area contributed by atoms with Gasteiger partial charge in [0.25, 0.3) is 5.56 Å². The highest BCUT2D eigenvalue weighted by Crippen LogP contribution is 2.20. The minimum atomic E-state index is -0.233. The summed E-state index contributed by atoms with van der Waals surface area (Å²) >= 11 is 1.18. The minimum absolute atomic E-state index is 0.0499. The van der Waals surface area contributed by atoms with Gasteiger partial charge in [-0.3, -0.25) is 19.1 Å². The third-order valence-electron chi connectivity index (χ3n) is 4.27. The summed E-state index contributed by atoms with van der Waals surface area (Å²) in [6.45, 7) is 0.640. The first-order valence-electron chi connectivity index (χ1n) is 8.99. The van der Waals surface area contributed by atoms with E-state index in [4.69, 9.17) is 10.00 Å². The van der Waals surface area contributed by atoms with E-state index in [1.54, 1.807) is 37.4 Å². The number of carbonyl (C=O) groups is 1. The number of para-hydroxylation sites is 2. The van der Waals surface area contributed by atoms with Gasteiger partial charge in [-0.2, -0.15) is 5.26 Å². The number of benzene rings is 2. The van der Waals surface area contributed by atoms with Crippen LogP contribution in [-0.2, 0) is 16.1 Å². The number of aromatic nitrogens is 2. The second-order valence-corrected chi connectivity index (χ2v) is 7.07. The van der Waals surface area contributed by atoms with Gasteiger partial charge in [0.1, 0.15) is 6.54 Å². The highest BCUT2D eigenvalue weighted by Gasteiger charge is 2.18. The summed E-state index contributed by atoms with van der Waals surface area (Å²) < 4.78 is 6.64. The van der Waals surface area contributed by atoms with Gasteiger partial charge in [0.2, 0.25) is 5.91 Å². The molecule has 2 aromatic carbocycles. The van der Waals surface area contributed by atoms with Crippen molar-refractivity contribution in [2.24, 2.45) is 0 Å². The van der Waals surface area contributed by atoms with E-state index in [9.17, 15) is 9.59 Å². The van der Waals surface area contributed by atoms with E-state index in [1.807, 2.05) is 30.3 Å². The Morgan fingerprint density at radius 2 is 1.93 bits per heavy atom. The summed E-state index contributed by atoms with van der Waals surface area (Å²) in [7, 11) is 1.56. The van der Waals surface area contributed by atoms with Gasteiger partial charge < -0.3 is 4.74 Å². The third kappa shape index (κ3) is 4.83. The van der Waals surface area contributed by atoms with Crippen molar-refractivity contribution in [1.82, 2.24) is 9.55 Å². The zero-order chi connectivity index (χ0) is 20.6. The van der Waals surface area contributed by atoms with Crippen LogP contribution in [0.5, 0.6) is 0 Å². The van der Waals surface area contributed by atoms with Crippen molar-refractivity contribution in [3.05, 3.63) is 65.0 Å². The second-order valence-electron chi connectivity index (χ2n) is 6.12. The molecule has 3 rings (SSSR count). The van der Waals surface area contributed by atoms with Crippen LogP contribution in [0.15, 0.2) is 64.5 Å². The lowest BCUT2D eigenvalue weighted by atomic mass is 10.2. The maximum atomic E-state index is 12.9. The van der Waals surface area contributed by atoms with E-state index >= 15 is 0 Å². The van der Waals surface area contributed by atoms with Crippen molar-refractivity contribution in [2.75, 3.05) is 30.9 Å². The molecule has 0 saturated carbocycles. The smallest absolute Gasteiger partial charge is 0.262 e. The molecule has 0 fully saturated rings. The molecule has 29 heavy (non-hydrogen) atoms. The Balaban J connectivity index is 1.87. The molecule has 8 heteroatoms. The first-order chi connectivity index (χ1) is 14.2. The van der Waals surface area contributed by atoms with Crippen molar-refractivity contribution in [3.8, 4) is 6.07 Å². The van der Waals surface area contributed by atoms with Crippen LogP contribution in [0.1, 0.15) is 0 Å². The van der Waals surface area contributed by atoms with E-state index in [0.29, 0.717) is 34.9 Å². The summed E-state index contributed by atoms with van der Waals surface area (Å²) in [4.78, 5) is 31.7. The molecule has 0 aliphatic rings. The summed E-state index contributed by atoms with van der Waals surface area (Å²) in [5.74, 6) is -0.183. The monoisotopic (exact) mass is 408 g/mol. The zero-order valence-corrected chi connectivity index (χ0v) is 16.8. The van der Waals surface area contributed by atoms with Gasteiger partial charge >= 0.3 is 0 Å². The fourth-order valence-electron chi connectivity index (χ4n) is 2.84. The van der Waals surface area contributed by atoms with Gasteiger partial charge in [0.15, 0.2) is 5.16 Å². The van der Waals surface area contributed by atoms with Crippen molar-refractivity contribution in [3.63, 3.8) is 0 Å².